The Bertz CT molecular complexity index is 852. The highest BCUT2D eigenvalue weighted by molar-refractivity contribution is 6.74. The van der Waals surface area contributed by atoms with Crippen molar-refractivity contribution in [3.63, 3.8) is 0 Å². The average molecular weight is 687 g/mol. The summed E-state index contributed by atoms with van der Waals surface area (Å²) in [7, 11) is -5.42. The van der Waals surface area contributed by atoms with Crippen molar-refractivity contribution in [2.45, 2.75) is 199 Å². The first-order valence-electron chi connectivity index (χ1n) is 18.9. The molecule has 2 saturated heterocycles. The highest BCUT2D eigenvalue weighted by Crippen LogP contribution is 2.49. The Morgan fingerprint density at radius 1 is 0.800 bits per heavy atom. The first-order valence-corrected chi connectivity index (χ1v) is 26.5. The summed E-state index contributed by atoms with van der Waals surface area (Å²) in [4.78, 5) is 0. The molecule has 6 nitrogen and oxygen atoms in total. The molecule has 1 spiro atoms. The maximum absolute atomic E-state index is 10.0. The largest absolute Gasteiger partial charge is 0.416 e. The van der Waals surface area contributed by atoms with Gasteiger partial charge in [0.15, 0.2) is 30.7 Å². The second-order valence-corrected chi connectivity index (χ2v) is 29.0. The van der Waals surface area contributed by atoms with Crippen LogP contribution in [0.3, 0.4) is 0 Å². The Morgan fingerprint density at radius 2 is 1.31 bits per heavy atom. The van der Waals surface area contributed by atoms with Crippen molar-refractivity contribution in [3.05, 3.63) is 12.2 Å². The van der Waals surface area contributed by atoms with Crippen LogP contribution < -0.4 is 0 Å². The summed E-state index contributed by atoms with van der Waals surface area (Å²) in [6.07, 6.45) is 4.38. The first kappa shape index (κ1) is 41.3. The van der Waals surface area contributed by atoms with E-state index in [2.05, 4.69) is 82.7 Å². The minimum absolute atomic E-state index is 0.0550. The van der Waals surface area contributed by atoms with Gasteiger partial charge in [-0.1, -0.05) is 81.4 Å². The molecule has 266 valence electrons. The summed E-state index contributed by atoms with van der Waals surface area (Å²) < 4.78 is 35.4. The molecule has 2 heterocycles. The first-order chi connectivity index (χ1) is 21.3. The van der Waals surface area contributed by atoms with Crippen LogP contribution in [0.4, 0.5) is 0 Å². The zero-order valence-electron chi connectivity index (χ0n) is 31.5. The van der Waals surface area contributed by atoms with Crippen LogP contribution in [0, 0.1) is 5.92 Å². The number of hydrogen-bond donors (Lipinski definition) is 1. The molecule has 2 rings (SSSR count). The lowest BCUT2D eigenvalue weighted by Gasteiger charge is -2.55. The Kier molecular flexibility index (Phi) is 16.7. The van der Waals surface area contributed by atoms with Crippen molar-refractivity contribution in [1.29, 1.82) is 0 Å². The van der Waals surface area contributed by atoms with E-state index >= 15 is 0 Å². The third-order valence-electron chi connectivity index (χ3n) is 12.1. The quantitative estimate of drug-likeness (QED) is 0.0958. The summed E-state index contributed by atoms with van der Waals surface area (Å²) in [6, 6.07) is 10.2. The van der Waals surface area contributed by atoms with Gasteiger partial charge < -0.3 is 27.9 Å². The van der Waals surface area contributed by atoms with E-state index in [1.165, 1.54) is 5.57 Å². The van der Waals surface area contributed by atoms with Gasteiger partial charge in [0.05, 0.1) is 23.9 Å². The topological polar surface area (TPSA) is 66.4 Å². The van der Waals surface area contributed by atoms with Crippen molar-refractivity contribution in [2.24, 2.45) is 5.92 Å². The van der Waals surface area contributed by atoms with Crippen LogP contribution in [0.2, 0.25) is 54.4 Å². The molecule has 0 radical (unpaired) electrons. The molecule has 1 N–H and O–H groups in total. The Balaban J connectivity index is 2.43. The molecule has 0 aromatic rings. The summed E-state index contributed by atoms with van der Waals surface area (Å²) in [6.45, 7) is 30.7. The van der Waals surface area contributed by atoms with Gasteiger partial charge in [-0.05, 0) is 86.5 Å². The summed E-state index contributed by atoms with van der Waals surface area (Å²) >= 11 is 0. The smallest absolute Gasteiger partial charge is 0.192 e. The normalized spacial score (nSPS) is 28.8. The highest BCUT2D eigenvalue weighted by atomic mass is 28.4. The van der Waals surface area contributed by atoms with Gasteiger partial charge in [0.25, 0.3) is 0 Å². The van der Waals surface area contributed by atoms with Crippen LogP contribution >= 0.6 is 0 Å². The Morgan fingerprint density at radius 3 is 1.80 bits per heavy atom. The lowest BCUT2D eigenvalue weighted by molar-refractivity contribution is -0.347. The standard InChI is InChI=1S/C36H74O6Si3/c1-13-43(14-2,15-3)38-28-31(11)30(10)24-33-26-35(12,42-45(19-7,20-8)21-9)29-36(40-33)27-34(25-32(39-36)22-23-37)41-44(16-4,17-5)18-6/h31-34,37H,10,13-29H2,1-9,11-12H3/t31-,32-,33-,34-,35-,36+/m0/s1. The van der Waals surface area contributed by atoms with Crippen LogP contribution in [0.1, 0.15) is 115 Å². The molecule has 2 fully saturated rings. The highest BCUT2D eigenvalue weighted by Gasteiger charge is 2.55. The number of ether oxygens (including phenoxy) is 2. The van der Waals surface area contributed by atoms with Gasteiger partial charge in [0.2, 0.25) is 0 Å². The van der Waals surface area contributed by atoms with Gasteiger partial charge in [-0.15, -0.1) is 0 Å². The number of aliphatic hydroxyl groups excluding tert-OH is 1. The van der Waals surface area contributed by atoms with E-state index in [0.717, 1.165) is 86.7 Å². The molecule has 0 unspecified atom stereocenters. The minimum Gasteiger partial charge on any atom is -0.416 e. The van der Waals surface area contributed by atoms with Gasteiger partial charge in [0, 0.05) is 32.5 Å². The number of aliphatic hydroxyl groups is 1. The van der Waals surface area contributed by atoms with E-state index in [1.54, 1.807) is 0 Å². The van der Waals surface area contributed by atoms with Crippen LogP contribution in [-0.2, 0) is 22.8 Å². The van der Waals surface area contributed by atoms with Gasteiger partial charge in [0.1, 0.15) is 0 Å². The van der Waals surface area contributed by atoms with Crippen LogP contribution in [-0.4, -0.2) is 73.0 Å². The summed E-state index contributed by atoms with van der Waals surface area (Å²) in [5, 5.41) is 10.0. The van der Waals surface area contributed by atoms with E-state index in [9.17, 15) is 5.11 Å². The third kappa shape index (κ3) is 10.8. The van der Waals surface area contributed by atoms with Gasteiger partial charge in [-0.2, -0.15) is 0 Å². The van der Waals surface area contributed by atoms with E-state index in [1.807, 2.05) is 0 Å². The second kappa shape index (κ2) is 18.2. The molecule has 2 aliphatic heterocycles. The van der Waals surface area contributed by atoms with Crippen molar-refractivity contribution < 1.29 is 27.9 Å². The van der Waals surface area contributed by atoms with Crippen molar-refractivity contribution in [3.8, 4) is 0 Å². The lowest BCUT2D eigenvalue weighted by Crippen LogP contribution is -2.61. The Hall–Kier alpha value is 0.151. The zero-order chi connectivity index (χ0) is 33.9. The van der Waals surface area contributed by atoms with Crippen LogP contribution in [0.5, 0.6) is 0 Å². The molecule has 2 aliphatic rings. The fourth-order valence-corrected chi connectivity index (χ4v) is 17.0. The van der Waals surface area contributed by atoms with Gasteiger partial charge in [-0.25, -0.2) is 0 Å². The molecular weight excluding hydrogens is 613 g/mol. The Labute approximate surface area is 282 Å². The summed E-state index contributed by atoms with van der Waals surface area (Å²) in [5.74, 6) is -0.527. The predicted octanol–water partition coefficient (Wildman–Crippen LogP) is 10.2. The average Bonchev–Trinajstić information content (AvgIpc) is 3.03. The van der Waals surface area contributed by atoms with Crippen LogP contribution in [0.25, 0.3) is 0 Å². The third-order valence-corrected chi connectivity index (χ3v) is 26.2. The molecule has 0 saturated carbocycles. The van der Waals surface area contributed by atoms with Gasteiger partial charge in [-0.3, -0.25) is 0 Å². The zero-order valence-corrected chi connectivity index (χ0v) is 34.5. The lowest BCUT2D eigenvalue weighted by atomic mass is 9.80. The van der Waals surface area contributed by atoms with E-state index in [0.29, 0.717) is 12.8 Å². The number of hydrogen-bond acceptors (Lipinski definition) is 6. The molecule has 6 atom stereocenters. The predicted molar refractivity (Wildman–Crippen MR) is 197 cm³/mol. The van der Waals surface area contributed by atoms with Gasteiger partial charge >= 0.3 is 0 Å². The molecule has 0 aromatic heterocycles. The maximum Gasteiger partial charge on any atom is 0.192 e. The maximum atomic E-state index is 10.0. The van der Waals surface area contributed by atoms with Crippen molar-refractivity contribution >= 4 is 25.0 Å². The molecule has 9 heteroatoms. The summed E-state index contributed by atoms with van der Waals surface area (Å²) in [5.41, 5.74) is 0.840. The van der Waals surface area contributed by atoms with Crippen molar-refractivity contribution in [2.75, 3.05) is 13.2 Å². The molecule has 0 aliphatic carbocycles. The minimum atomic E-state index is -1.91. The second-order valence-electron chi connectivity index (χ2n) is 14.8. The monoisotopic (exact) mass is 686 g/mol. The molecule has 0 aromatic carbocycles. The fraction of sp³-hybridized carbons (Fsp3) is 0.944. The molecule has 0 amide bonds. The number of rotatable bonds is 21. The molecule has 0 bridgehead atoms. The van der Waals surface area contributed by atoms with Crippen LogP contribution in [0.15, 0.2) is 12.2 Å². The van der Waals surface area contributed by atoms with E-state index in [4.69, 9.17) is 22.8 Å². The molecule has 45 heavy (non-hydrogen) atoms. The van der Waals surface area contributed by atoms with Crippen molar-refractivity contribution in [1.82, 2.24) is 0 Å². The SMILES string of the molecule is C=C(C[C@H]1C[C@](C)(O[Si](CC)(CC)CC)C[C@@]2(C[C@@H](O[Si](CC)(CC)CC)C[C@H](CCO)O2)O1)[C@@H](C)CO[Si](CC)(CC)CC. The van der Waals surface area contributed by atoms with E-state index < -0.39 is 30.7 Å². The fourth-order valence-electron chi connectivity index (χ4n) is 8.24. The van der Waals surface area contributed by atoms with E-state index in [-0.39, 0.29) is 36.4 Å². The molecular formula is C36H74O6Si3.